The third-order valence-corrected chi connectivity index (χ3v) is 4.85. The molecular formula is C18H21N5O2. The van der Waals surface area contributed by atoms with E-state index in [4.69, 9.17) is 4.74 Å². The number of hydrogen-bond acceptors (Lipinski definition) is 5. The van der Waals surface area contributed by atoms with Gasteiger partial charge in [0, 0.05) is 19.5 Å². The summed E-state index contributed by atoms with van der Waals surface area (Å²) in [6.07, 6.45) is 6.94. The maximum atomic E-state index is 12.2. The number of hydrogen-bond donors (Lipinski definition) is 2. The van der Waals surface area contributed by atoms with Gasteiger partial charge in [-0.25, -0.2) is 4.99 Å². The molecule has 2 heterocycles. The molecule has 1 saturated carbocycles. The maximum Gasteiger partial charge on any atom is 0.276 e. The van der Waals surface area contributed by atoms with Crippen molar-refractivity contribution in [3.8, 4) is 0 Å². The average molecular weight is 339 g/mol. The Balaban J connectivity index is 1.55. The van der Waals surface area contributed by atoms with Gasteiger partial charge in [-0.05, 0) is 43.0 Å². The van der Waals surface area contributed by atoms with Gasteiger partial charge in [-0.1, -0.05) is 6.07 Å². The van der Waals surface area contributed by atoms with Gasteiger partial charge in [0.25, 0.3) is 5.91 Å². The van der Waals surface area contributed by atoms with E-state index >= 15 is 0 Å². The molecule has 25 heavy (non-hydrogen) atoms. The van der Waals surface area contributed by atoms with Crippen LogP contribution in [0.2, 0.25) is 0 Å². The summed E-state index contributed by atoms with van der Waals surface area (Å²) in [5.74, 6) is 0.313. The molecule has 1 aliphatic heterocycles. The van der Waals surface area contributed by atoms with E-state index in [-0.39, 0.29) is 18.1 Å². The van der Waals surface area contributed by atoms with E-state index < -0.39 is 0 Å². The van der Waals surface area contributed by atoms with Crippen molar-refractivity contribution in [1.29, 1.82) is 0 Å². The number of aromatic nitrogens is 2. The average Bonchev–Trinajstić information content (AvgIpc) is 3.29. The monoisotopic (exact) mass is 339 g/mol. The molecule has 2 aliphatic rings. The highest BCUT2D eigenvalue weighted by Gasteiger charge is 2.30. The zero-order chi connectivity index (χ0) is 17.4. The Morgan fingerprint density at radius 3 is 3.12 bits per heavy atom. The first-order valence-corrected chi connectivity index (χ1v) is 8.47. The smallest absolute Gasteiger partial charge is 0.276 e. The second-order valence-electron chi connectivity index (χ2n) is 6.49. The third kappa shape index (κ3) is 3.02. The summed E-state index contributed by atoms with van der Waals surface area (Å²) >= 11 is 0. The number of aliphatic imine (C=N–C) groups is 1. The van der Waals surface area contributed by atoms with Crippen LogP contribution in [0.4, 0.5) is 0 Å². The minimum Gasteiger partial charge on any atom is -0.379 e. The molecule has 7 heteroatoms. The Labute approximate surface area is 145 Å². The zero-order valence-electron chi connectivity index (χ0n) is 14.3. The molecule has 2 atom stereocenters. The number of fused-ring (bicyclic) bond motifs is 1. The summed E-state index contributed by atoms with van der Waals surface area (Å²) in [5.41, 5.74) is 2.37. The first-order valence-electron chi connectivity index (χ1n) is 8.47. The van der Waals surface area contributed by atoms with Crippen molar-refractivity contribution < 1.29 is 9.53 Å². The van der Waals surface area contributed by atoms with Gasteiger partial charge in [-0.3, -0.25) is 14.8 Å². The van der Waals surface area contributed by atoms with Crippen molar-refractivity contribution in [2.45, 2.75) is 31.4 Å². The molecule has 2 aromatic rings. The van der Waals surface area contributed by atoms with Gasteiger partial charge in [0.2, 0.25) is 5.96 Å². The number of nitrogens with zero attached hydrogens (tertiary/aromatic N) is 3. The third-order valence-electron chi connectivity index (χ3n) is 4.85. The van der Waals surface area contributed by atoms with Crippen molar-refractivity contribution >= 4 is 28.8 Å². The fraction of sp³-hybridized carbons (Fsp3) is 0.389. The van der Waals surface area contributed by atoms with Gasteiger partial charge in [0.15, 0.2) is 0 Å². The van der Waals surface area contributed by atoms with Gasteiger partial charge in [-0.15, -0.1) is 0 Å². The van der Waals surface area contributed by atoms with E-state index in [9.17, 15) is 4.79 Å². The van der Waals surface area contributed by atoms with Crippen LogP contribution in [0.25, 0.3) is 17.0 Å². The van der Waals surface area contributed by atoms with Crippen molar-refractivity contribution in [3.05, 3.63) is 35.7 Å². The van der Waals surface area contributed by atoms with Crippen LogP contribution in [0.3, 0.4) is 0 Å². The number of guanidine groups is 1. The first kappa shape index (κ1) is 15.8. The molecule has 1 aromatic carbocycles. The van der Waals surface area contributed by atoms with Crippen molar-refractivity contribution in [2.75, 3.05) is 7.11 Å². The zero-order valence-corrected chi connectivity index (χ0v) is 14.3. The SMILES string of the molecule is CO[C@@H]1CCC[C@H]1NC1=N/C(=C\c2ccc3c(cnn3C)c2)C(=O)N1. The van der Waals surface area contributed by atoms with E-state index in [1.165, 1.54) is 0 Å². The molecule has 2 N–H and O–H groups in total. The topological polar surface area (TPSA) is 80.5 Å². The minimum atomic E-state index is -0.194. The van der Waals surface area contributed by atoms with E-state index in [2.05, 4.69) is 20.7 Å². The summed E-state index contributed by atoms with van der Waals surface area (Å²) < 4.78 is 7.30. The highest BCUT2D eigenvalue weighted by Crippen LogP contribution is 2.22. The van der Waals surface area contributed by atoms with E-state index in [0.29, 0.717) is 11.7 Å². The molecule has 1 aliphatic carbocycles. The number of benzene rings is 1. The summed E-state index contributed by atoms with van der Waals surface area (Å²) in [4.78, 5) is 16.6. The fourth-order valence-electron chi connectivity index (χ4n) is 3.52. The molecule has 0 radical (unpaired) electrons. The van der Waals surface area contributed by atoms with E-state index in [0.717, 1.165) is 35.7 Å². The molecule has 0 spiro atoms. The number of methoxy groups -OCH3 is 1. The molecule has 0 saturated heterocycles. The van der Waals surface area contributed by atoms with Crippen LogP contribution in [0.1, 0.15) is 24.8 Å². The number of aryl methyl sites for hydroxylation is 1. The number of nitrogens with one attached hydrogen (secondary N) is 2. The standard InChI is InChI=1S/C18H21N5O2/c1-23-15-7-6-11(8-12(15)10-19-23)9-14-17(24)22-18(21-14)20-13-4-3-5-16(13)25-2/h6-10,13,16H,3-5H2,1-2H3,(H2,20,21,22,24)/b14-9-/t13-,16-/m1/s1. The Morgan fingerprint density at radius 1 is 1.40 bits per heavy atom. The molecule has 0 bridgehead atoms. The lowest BCUT2D eigenvalue weighted by atomic mass is 10.1. The highest BCUT2D eigenvalue weighted by molar-refractivity contribution is 6.13. The molecule has 1 fully saturated rings. The van der Waals surface area contributed by atoms with Gasteiger partial charge in [0.05, 0.1) is 23.9 Å². The second kappa shape index (κ2) is 6.33. The van der Waals surface area contributed by atoms with Crippen LogP contribution in [-0.2, 0) is 16.6 Å². The Bertz CT molecular complexity index is 883. The Morgan fingerprint density at radius 2 is 2.28 bits per heavy atom. The predicted molar refractivity (Wildman–Crippen MR) is 95.8 cm³/mol. The number of amides is 1. The van der Waals surface area contributed by atoms with Crippen molar-refractivity contribution in [3.63, 3.8) is 0 Å². The summed E-state index contributed by atoms with van der Waals surface area (Å²) in [7, 11) is 3.63. The maximum absolute atomic E-state index is 12.2. The molecule has 0 unspecified atom stereocenters. The van der Waals surface area contributed by atoms with Crippen molar-refractivity contribution in [2.24, 2.45) is 12.0 Å². The lowest BCUT2D eigenvalue weighted by molar-refractivity contribution is -0.115. The number of ether oxygens (including phenoxy) is 1. The van der Waals surface area contributed by atoms with Gasteiger partial charge < -0.3 is 10.1 Å². The van der Waals surface area contributed by atoms with Gasteiger partial charge in [0.1, 0.15) is 5.70 Å². The quantitative estimate of drug-likeness (QED) is 0.832. The van der Waals surface area contributed by atoms with Crippen LogP contribution in [-0.4, -0.2) is 40.9 Å². The fourth-order valence-corrected chi connectivity index (χ4v) is 3.52. The summed E-state index contributed by atoms with van der Waals surface area (Å²) in [6.45, 7) is 0. The summed E-state index contributed by atoms with van der Waals surface area (Å²) in [5, 5.41) is 11.4. The molecular weight excluding hydrogens is 318 g/mol. The van der Waals surface area contributed by atoms with Crippen LogP contribution in [0.5, 0.6) is 0 Å². The molecule has 4 rings (SSSR count). The van der Waals surface area contributed by atoms with Crippen LogP contribution in [0, 0.1) is 0 Å². The Hall–Kier alpha value is -2.67. The lowest BCUT2D eigenvalue weighted by Crippen LogP contribution is -2.46. The largest absolute Gasteiger partial charge is 0.379 e. The van der Waals surface area contributed by atoms with E-state index in [1.54, 1.807) is 13.2 Å². The minimum absolute atomic E-state index is 0.167. The lowest BCUT2D eigenvalue weighted by Gasteiger charge is -2.19. The summed E-state index contributed by atoms with van der Waals surface area (Å²) in [6, 6.07) is 6.15. The van der Waals surface area contributed by atoms with Crippen LogP contribution < -0.4 is 10.6 Å². The highest BCUT2D eigenvalue weighted by atomic mass is 16.5. The normalized spacial score (nSPS) is 24.8. The molecule has 7 nitrogen and oxygen atoms in total. The molecule has 130 valence electrons. The number of carbonyl (C=O) groups excluding carboxylic acids is 1. The van der Waals surface area contributed by atoms with Crippen LogP contribution in [0.15, 0.2) is 35.1 Å². The number of carbonyl (C=O) groups is 1. The second-order valence-corrected chi connectivity index (χ2v) is 6.49. The predicted octanol–water partition coefficient (Wildman–Crippen LogP) is 1.56. The number of rotatable bonds is 3. The molecule has 1 amide bonds. The molecule has 1 aromatic heterocycles. The van der Waals surface area contributed by atoms with Crippen LogP contribution >= 0.6 is 0 Å². The van der Waals surface area contributed by atoms with Gasteiger partial charge >= 0.3 is 0 Å². The van der Waals surface area contributed by atoms with E-state index in [1.807, 2.05) is 36.1 Å². The van der Waals surface area contributed by atoms with Gasteiger partial charge in [-0.2, -0.15) is 5.10 Å². The van der Waals surface area contributed by atoms with Crippen molar-refractivity contribution in [1.82, 2.24) is 20.4 Å². The first-order chi connectivity index (χ1) is 12.1. The Kier molecular flexibility index (Phi) is 4.01.